The number of amides is 1. The molecular weight excluding hydrogens is 340 g/mol. The molecule has 0 fully saturated rings. The smallest absolute Gasteiger partial charge is 0.261 e. The summed E-state index contributed by atoms with van der Waals surface area (Å²) in [5, 5.41) is 12.2. The molecule has 1 aliphatic heterocycles. The summed E-state index contributed by atoms with van der Waals surface area (Å²) in [4.78, 5) is 12.4. The fraction of sp³-hybridized carbons (Fsp3) is 0.273. The van der Waals surface area contributed by atoms with E-state index in [4.69, 9.17) is 9.47 Å². The van der Waals surface area contributed by atoms with E-state index < -0.39 is 5.91 Å². The van der Waals surface area contributed by atoms with Crippen LogP contribution in [-0.2, 0) is 17.6 Å². The molecule has 138 valence electrons. The molecule has 0 saturated heterocycles. The van der Waals surface area contributed by atoms with Gasteiger partial charge in [-0.2, -0.15) is 5.26 Å². The Morgan fingerprint density at radius 2 is 2.15 bits per heavy atom. The zero-order chi connectivity index (χ0) is 19.2. The molecule has 1 atom stereocenters. The highest BCUT2D eigenvalue weighted by Gasteiger charge is 2.21. The normalized spacial score (nSPS) is 15.4. The number of fused-ring (bicyclic) bond motifs is 1. The Kier molecular flexibility index (Phi) is 5.77. The summed E-state index contributed by atoms with van der Waals surface area (Å²) in [6, 6.07) is 15.6. The quantitative estimate of drug-likeness (QED) is 0.632. The summed E-state index contributed by atoms with van der Waals surface area (Å²) in [6.07, 6.45) is 3.18. The molecule has 1 amide bonds. The van der Waals surface area contributed by atoms with Crippen molar-refractivity contribution in [3.05, 3.63) is 64.7 Å². The van der Waals surface area contributed by atoms with Gasteiger partial charge < -0.3 is 14.8 Å². The Balaban J connectivity index is 1.73. The van der Waals surface area contributed by atoms with E-state index in [0.717, 1.165) is 23.3 Å². The lowest BCUT2D eigenvalue weighted by atomic mass is 10.0. The first kappa shape index (κ1) is 18.5. The molecule has 2 aromatic rings. The van der Waals surface area contributed by atoms with Gasteiger partial charge in [0.1, 0.15) is 29.2 Å². The zero-order valence-corrected chi connectivity index (χ0v) is 15.5. The van der Waals surface area contributed by atoms with E-state index in [-0.39, 0.29) is 11.7 Å². The molecule has 3 rings (SSSR count). The largest absolute Gasteiger partial charge is 0.496 e. The number of nitrogens with one attached hydrogen (secondary N) is 1. The van der Waals surface area contributed by atoms with Crippen molar-refractivity contribution in [1.29, 1.82) is 5.26 Å². The van der Waals surface area contributed by atoms with Crippen molar-refractivity contribution < 1.29 is 14.3 Å². The number of hydrogen-bond donors (Lipinski definition) is 1. The average molecular weight is 362 g/mol. The molecular formula is C22H22N2O3. The maximum Gasteiger partial charge on any atom is 0.261 e. The number of nitrogens with zero attached hydrogens (tertiary/aromatic N) is 1. The van der Waals surface area contributed by atoms with Crippen molar-refractivity contribution in [2.24, 2.45) is 0 Å². The van der Waals surface area contributed by atoms with E-state index in [0.29, 0.717) is 24.3 Å². The van der Waals surface area contributed by atoms with Gasteiger partial charge in [0, 0.05) is 24.1 Å². The van der Waals surface area contributed by atoms with Crippen LogP contribution in [0.4, 0.5) is 0 Å². The Bertz CT molecular complexity index is 898. The van der Waals surface area contributed by atoms with Gasteiger partial charge in [-0.3, -0.25) is 4.79 Å². The van der Waals surface area contributed by atoms with E-state index >= 15 is 0 Å². The first-order valence-corrected chi connectivity index (χ1v) is 8.92. The molecule has 0 aliphatic carbocycles. The summed E-state index contributed by atoms with van der Waals surface area (Å²) in [6.45, 7) is 2.46. The van der Waals surface area contributed by atoms with E-state index in [2.05, 4.69) is 5.32 Å². The SMILES string of the molecule is COc1cc2c(cc1/C=C(\C#N)C(=O)NCCc1ccccc1)OC(C)C2. The molecule has 5 heteroatoms. The molecule has 0 spiro atoms. The van der Waals surface area contributed by atoms with Crippen molar-refractivity contribution in [3.63, 3.8) is 0 Å². The monoisotopic (exact) mass is 362 g/mol. The first-order valence-electron chi connectivity index (χ1n) is 8.92. The predicted molar refractivity (Wildman–Crippen MR) is 104 cm³/mol. The summed E-state index contributed by atoms with van der Waals surface area (Å²) < 4.78 is 11.2. The highest BCUT2D eigenvalue weighted by molar-refractivity contribution is 6.02. The molecule has 1 aliphatic rings. The van der Waals surface area contributed by atoms with E-state index in [1.54, 1.807) is 13.2 Å². The van der Waals surface area contributed by atoms with Crippen molar-refractivity contribution in [2.45, 2.75) is 25.9 Å². The van der Waals surface area contributed by atoms with E-state index in [1.165, 1.54) is 0 Å². The third-order valence-corrected chi connectivity index (χ3v) is 4.46. The van der Waals surface area contributed by atoms with Crippen molar-refractivity contribution in [3.8, 4) is 17.6 Å². The highest BCUT2D eigenvalue weighted by Crippen LogP contribution is 2.35. The molecule has 0 aromatic heterocycles. The van der Waals surface area contributed by atoms with Crippen molar-refractivity contribution >= 4 is 12.0 Å². The summed E-state index contributed by atoms with van der Waals surface area (Å²) >= 11 is 0. The van der Waals surface area contributed by atoms with Crippen molar-refractivity contribution in [1.82, 2.24) is 5.32 Å². The third kappa shape index (κ3) is 4.48. The van der Waals surface area contributed by atoms with Crippen LogP contribution in [0.3, 0.4) is 0 Å². The van der Waals surface area contributed by atoms with Crippen LogP contribution in [0.25, 0.3) is 6.08 Å². The van der Waals surface area contributed by atoms with Crippen LogP contribution >= 0.6 is 0 Å². The lowest BCUT2D eigenvalue weighted by molar-refractivity contribution is -0.117. The average Bonchev–Trinajstić information content (AvgIpc) is 3.04. The van der Waals surface area contributed by atoms with Gasteiger partial charge in [0.2, 0.25) is 0 Å². The maximum atomic E-state index is 12.4. The molecule has 5 nitrogen and oxygen atoms in total. The van der Waals surface area contributed by atoms with E-state index in [9.17, 15) is 10.1 Å². The number of carbonyl (C=O) groups is 1. The van der Waals surface area contributed by atoms with Crippen LogP contribution in [0.1, 0.15) is 23.6 Å². The molecule has 0 bridgehead atoms. The topological polar surface area (TPSA) is 71.3 Å². The fourth-order valence-electron chi connectivity index (χ4n) is 3.11. The van der Waals surface area contributed by atoms with Gasteiger partial charge in [0.25, 0.3) is 5.91 Å². The van der Waals surface area contributed by atoms with Crippen LogP contribution in [0.5, 0.6) is 11.5 Å². The second-order valence-electron chi connectivity index (χ2n) is 6.50. The van der Waals surface area contributed by atoms with Gasteiger partial charge in [0.15, 0.2) is 0 Å². The van der Waals surface area contributed by atoms with Crippen LogP contribution < -0.4 is 14.8 Å². The lowest BCUT2D eigenvalue weighted by Gasteiger charge is -2.09. The molecule has 27 heavy (non-hydrogen) atoms. The minimum Gasteiger partial charge on any atom is -0.496 e. The van der Waals surface area contributed by atoms with E-state index in [1.807, 2.05) is 55.5 Å². The summed E-state index contributed by atoms with van der Waals surface area (Å²) in [5.74, 6) is 0.998. The zero-order valence-electron chi connectivity index (χ0n) is 15.5. The second-order valence-corrected chi connectivity index (χ2v) is 6.50. The number of hydrogen-bond acceptors (Lipinski definition) is 4. The molecule has 1 N–H and O–H groups in total. The number of ether oxygens (including phenoxy) is 2. The predicted octanol–water partition coefficient (Wildman–Crippen LogP) is 3.28. The minimum atomic E-state index is -0.398. The third-order valence-electron chi connectivity index (χ3n) is 4.46. The molecule has 1 unspecified atom stereocenters. The molecule has 2 aromatic carbocycles. The van der Waals surface area contributed by atoms with Crippen LogP contribution in [0.2, 0.25) is 0 Å². The van der Waals surface area contributed by atoms with Gasteiger partial charge in [-0.25, -0.2) is 0 Å². The molecule has 0 radical (unpaired) electrons. The Hall–Kier alpha value is -3.26. The van der Waals surface area contributed by atoms with Gasteiger partial charge in [-0.05, 0) is 37.1 Å². The van der Waals surface area contributed by atoms with Gasteiger partial charge in [0.05, 0.1) is 7.11 Å². The number of methoxy groups -OCH3 is 1. The Morgan fingerprint density at radius 1 is 1.37 bits per heavy atom. The van der Waals surface area contributed by atoms with Crippen LogP contribution in [-0.4, -0.2) is 25.7 Å². The van der Waals surface area contributed by atoms with Gasteiger partial charge in [-0.1, -0.05) is 30.3 Å². The second kappa shape index (κ2) is 8.41. The fourth-order valence-corrected chi connectivity index (χ4v) is 3.11. The molecule has 0 saturated carbocycles. The standard InChI is InChI=1S/C22H22N2O3/c1-15-10-17-12-20(26-2)18(13-21(17)27-15)11-19(14-23)22(25)24-9-8-16-6-4-3-5-7-16/h3-7,11-13,15H,8-10H2,1-2H3,(H,24,25)/b19-11+. The van der Waals surface area contributed by atoms with Crippen molar-refractivity contribution in [2.75, 3.05) is 13.7 Å². The van der Waals surface area contributed by atoms with Gasteiger partial charge >= 0.3 is 0 Å². The van der Waals surface area contributed by atoms with Crippen LogP contribution in [0.15, 0.2) is 48.0 Å². The Morgan fingerprint density at radius 3 is 2.85 bits per heavy atom. The highest BCUT2D eigenvalue weighted by atomic mass is 16.5. The molecule has 1 heterocycles. The number of rotatable bonds is 6. The summed E-state index contributed by atoms with van der Waals surface area (Å²) in [7, 11) is 1.57. The van der Waals surface area contributed by atoms with Crippen LogP contribution in [0, 0.1) is 11.3 Å². The number of nitriles is 1. The Labute approximate surface area is 159 Å². The lowest BCUT2D eigenvalue weighted by Crippen LogP contribution is -2.26. The minimum absolute atomic E-state index is 0.0346. The maximum absolute atomic E-state index is 12.4. The first-order chi connectivity index (χ1) is 13.1. The summed E-state index contributed by atoms with van der Waals surface area (Å²) in [5.41, 5.74) is 2.89. The number of benzene rings is 2. The number of carbonyl (C=O) groups excluding carboxylic acids is 1. The van der Waals surface area contributed by atoms with Gasteiger partial charge in [-0.15, -0.1) is 0 Å².